The first-order chi connectivity index (χ1) is 7.33. The number of nitrogens with one attached hydrogen (secondary N) is 1. The van der Waals surface area contributed by atoms with Gasteiger partial charge in [-0.3, -0.25) is 0 Å². The molecule has 0 aliphatic carbocycles. The van der Waals surface area contributed by atoms with Gasteiger partial charge in [-0.2, -0.15) is 0 Å². The topological polar surface area (TPSA) is 30.5 Å². The molecular weight excluding hydrogens is 190 g/mol. The molecule has 15 heavy (non-hydrogen) atoms. The number of terminal acetylenes is 1. The van der Waals surface area contributed by atoms with E-state index in [9.17, 15) is 0 Å². The van der Waals surface area contributed by atoms with Crippen LogP contribution in [0.15, 0.2) is 18.2 Å². The molecular formula is C12H13NO2. The van der Waals surface area contributed by atoms with Gasteiger partial charge in [0.2, 0.25) is 6.79 Å². The highest BCUT2D eigenvalue weighted by Gasteiger charge is 2.14. The van der Waals surface area contributed by atoms with E-state index in [1.54, 1.807) is 0 Å². The molecule has 1 aromatic carbocycles. The minimum atomic E-state index is 0.0605. The fourth-order valence-corrected chi connectivity index (χ4v) is 1.55. The Labute approximate surface area is 89.4 Å². The van der Waals surface area contributed by atoms with Crippen molar-refractivity contribution in [1.29, 1.82) is 0 Å². The van der Waals surface area contributed by atoms with Crippen LogP contribution in [-0.4, -0.2) is 19.9 Å². The smallest absolute Gasteiger partial charge is 0.231 e. The second-order valence-corrected chi connectivity index (χ2v) is 3.40. The lowest BCUT2D eigenvalue weighted by Crippen LogP contribution is -2.25. The van der Waals surface area contributed by atoms with Gasteiger partial charge in [0.1, 0.15) is 0 Å². The molecule has 1 heterocycles. The van der Waals surface area contributed by atoms with Crippen LogP contribution in [0, 0.1) is 12.3 Å². The first-order valence-corrected chi connectivity index (χ1v) is 4.85. The molecule has 1 aliphatic heterocycles. The standard InChI is InChI=1S/C12H13NO2/c1-3-10(13-2)6-9-4-5-11-12(7-9)15-8-14-11/h1,4-5,7,10,13H,6,8H2,2H3. The number of ether oxygens (including phenoxy) is 2. The fourth-order valence-electron chi connectivity index (χ4n) is 1.55. The zero-order chi connectivity index (χ0) is 10.7. The van der Waals surface area contributed by atoms with Crippen LogP contribution in [0.1, 0.15) is 5.56 Å². The molecule has 3 heteroatoms. The molecule has 0 fully saturated rings. The van der Waals surface area contributed by atoms with Gasteiger partial charge in [0.25, 0.3) is 0 Å². The van der Waals surface area contributed by atoms with Gasteiger partial charge < -0.3 is 14.8 Å². The summed E-state index contributed by atoms with van der Waals surface area (Å²) in [6, 6.07) is 5.96. The van der Waals surface area contributed by atoms with E-state index >= 15 is 0 Å². The van der Waals surface area contributed by atoms with Crippen LogP contribution in [0.3, 0.4) is 0 Å². The van der Waals surface area contributed by atoms with Crippen LogP contribution in [0.5, 0.6) is 11.5 Å². The summed E-state index contributed by atoms with van der Waals surface area (Å²) in [5.74, 6) is 4.30. The largest absolute Gasteiger partial charge is 0.454 e. The normalized spacial score (nSPS) is 14.7. The highest BCUT2D eigenvalue weighted by Crippen LogP contribution is 2.32. The number of hydrogen-bond acceptors (Lipinski definition) is 3. The summed E-state index contributed by atoms with van der Waals surface area (Å²) in [5, 5.41) is 3.06. The summed E-state index contributed by atoms with van der Waals surface area (Å²) in [7, 11) is 1.86. The summed E-state index contributed by atoms with van der Waals surface area (Å²) in [6.45, 7) is 0.309. The Bertz CT molecular complexity index is 395. The Morgan fingerprint density at radius 3 is 3.00 bits per heavy atom. The van der Waals surface area contributed by atoms with Crippen molar-refractivity contribution in [2.45, 2.75) is 12.5 Å². The van der Waals surface area contributed by atoms with Crippen molar-refractivity contribution in [3.63, 3.8) is 0 Å². The molecule has 0 amide bonds. The Kier molecular flexibility index (Phi) is 2.79. The molecule has 2 rings (SSSR count). The molecule has 0 bridgehead atoms. The average molecular weight is 203 g/mol. The van der Waals surface area contributed by atoms with Crippen molar-refractivity contribution in [2.24, 2.45) is 0 Å². The van der Waals surface area contributed by atoms with E-state index < -0.39 is 0 Å². The molecule has 1 aromatic rings. The molecule has 0 aromatic heterocycles. The van der Waals surface area contributed by atoms with Crippen LogP contribution in [0.4, 0.5) is 0 Å². The molecule has 1 atom stereocenters. The Hall–Kier alpha value is -1.66. The van der Waals surface area contributed by atoms with E-state index in [0.717, 1.165) is 23.5 Å². The predicted molar refractivity (Wildman–Crippen MR) is 57.9 cm³/mol. The third-order valence-electron chi connectivity index (χ3n) is 2.43. The van der Waals surface area contributed by atoms with Crippen molar-refractivity contribution >= 4 is 0 Å². The van der Waals surface area contributed by atoms with Crippen molar-refractivity contribution in [3.05, 3.63) is 23.8 Å². The monoisotopic (exact) mass is 203 g/mol. The highest BCUT2D eigenvalue weighted by atomic mass is 16.7. The van der Waals surface area contributed by atoms with Gasteiger partial charge in [-0.25, -0.2) is 0 Å². The zero-order valence-corrected chi connectivity index (χ0v) is 8.62. The number of rotatable bonds is 3. The third-order valence-corrected chi connectivity index (χ3v) is 2.43. The maximum Gasteiger partial charge on any atom is 0.231 e. The van der Waals surface area contributed by atoms with Gasteiger partial charge in [-0.05, 0) is 31.2 Å². The SMILES string of the molecule is C#CC(Cc1ccc2c(c1)OCO2)NC. The van der Waals surface area contributed by atoms with E-state index in [1.165, 1.54) is 0 Å². The van der Waals surface area contributed by atoms with Gasteiger partial charge in [0.05, 0.1) is 6.04 Å². The van der Waals surface area contributed by atoms with Crippen molar-refractivity contribution < 1.29 is 9.47 Å². The van der Waals surface area contributed by atoms with Gasteiger partial charge in [0, 0.05) is 0 Å². The summed E-state index contributed by atoms with van der Waals surface area (Å²) in [5.41, 5.74) is 1.15. The van der Waals surface area contributed by atoms with Crippen molar-refractivity contribution in [3.8, 4) is 23.8 Å². The molecule has 1 unspecified atom stereocenters. The predicted octanol–water partition coefficient (Wildman–Crippen LogP) is 1.18. The molecule has 0 saturated heterocycles. The molecule has 0 spiro atoms. The van der Waals surface area contributed by atoms with E-state index in [0.29, 0.717) is 6.79 Å². The fraction of sp³-hybridized carbons (Fsp3) is 0.333. The van der Waals surface area contributed by atoms with Crippen molar-refractivity contribution in [2.75, 3.05) is 13.8 Å². The first kappa shape index (κ1) is 9.88. The minimum absolute atomic E-state index is 0.0605. The number of likely N-dealkylation sites (N-methyl/N-ethyl adjacent to an activating group) is 1. The van der Waals surface area contributed by atoms with Crippen LogP contribution in [-0.2, 0) is 6.42 Å². The zero-order valence-electron chi connectivity index (χ0n) is 8.62. The maximum atomic E-state index is 5.38. The molecule has 3 nitrogen and oxygen atoms in total. The molecule has 1 aliphatic rings. The van der Waals surface area contributed by atoms with E-state index in [4.69, 9.17) is 15.9 Å². The Balaban J connectivity index is 2.13. The molecule has 0 radical (unpaired) electrons. The number of hydrogen-bond donors (Lipinski definition) is 1. The Morgan fingerprint density at radius 1 is 1.47 bits per heavy atom. The molecule has 78 valence electrons. The van der Waals surface area contributed by atoms with E-state index in [2.05, 4.69) is 11.2 Å². The molecule has 0 saturated carbocycles. The van der Waals surface area contributed by atoms with Crippen LogP contribution >= 0.6 is 0 Å². The van der Waals surface area contributed by atoms with Gasteiger partial charge in [0.15, 0.2) is 11.5 Å². The number of fused-ring (bicyclic) bond motifs is 1. The van der Waals surface area contributed by atoms with Crippen molar-refractivity contribution in [1.82, 2.24) is 5.32 Å². The average Bonchev–Trinajstić information content (AvgIpc) is 2.73. The van der Waals surface area contributed by atoms with Gasteiger partial charge in [-0.15, -0.1) is 6.42 Å². The third kappa shape index (κ3) is 2.05. The first-order valence-electron chi connectivity index (χ1n) is 4.85. The summed E-state index contributed by atoms with van der Waals surface area (Å²) < 4.78 is 10.5. The minimum Gasteiger partial charge on any atom is -0.454 e. The van der Waals surface area contributed by atoms with Crippen LogP contribution in [0.2, 0.25) is 0 Å². The lowest BCUT2D eigenvalue weighted by Gasteiger charge is -2.09. The Morgan fingerprint density at radius 2 is 2.27 bits per heavy atom. The molecule has 1 N–H and O–H groups in total. The lowest BCUT2D eigenvalue weighted by atomic mass is 10.1. The van der Waals surface area contributed by atoms with Crippen LogP contribution in [0.25, 0.3) is 0 Å². The summed E-state index contributed by atoms with van der Waals surface area (Å²) in [4.78, 5) is 0. The van der Waals surface area contributed by atoms with E-state index in [-0.39, 0.29) is 6.04 Å². The van der Waals surface area contributed by atoms with E-state index in [1.807, 2.05) is 25.2 Å². The number of benzene rings is 1. The summed E-state index contributed by atoms with van der Waals surface area (Å²) in [6.07, 6.45) is 6.17. The lowest BCUT2D eigenvalue weighted by molar-refractivity contribution is 0.174. The van der Waals surface area contributed by atoms with Gasteiger partial charge in [-0.1, -0.05) is 12.0 Å². The van der Waals surface area contributed by atoms with Gasteiger partial charge >= 0.3 is 0 Å². The quantitative estimate of drug-likeness (QED) is 0.748. The highest BCUT2D eigenvalue weighted by molar-refractivity contribution is 5.44. The second kappa shape index (κ2) is 4.24. The maximum absolute atomic E-state index is 5.38. The summed E-state index contributed by atoms with van der Waals surface area (Å²) >= 11 is 0. The second-order valence-electron chi connectivity index (χ2n) is 3.40. The van der Waals surface area contributed by atoms with Crippen LogP contribution < -0.4 is 14.8 Å².